The van der Waals surface area contributed by atoms with Gasteiger partial charge in [-0.25, -0.2) is 4.39 Å². The van der Waals surface area contributed by atoms with Gasteiger partial charge < -0.3 is 19.7 Å². The molecule has 2 amide bonds. The fraction of sp³-hybridized carbons (Fsp3) is 0.263. The molecule has 0 fully saturated rings. The van der Waals surface area contributed by atoms with Crippen molar-refractivity contribution in [3.63, 3.8) is 0 Å². The second kappa shape index (κ2) is 9.91. The van der Waals surface area contributed by atoms with Crippen molar-refractivity contribution in [1.29, 1.82) is 0 Å². The number of carbonyl (C=O) groups is 2. The molecule has 0 radical (unpaired) electrons. The first-order chi connectivity index (χ1) is 12.9. The molecule has 27 heavy (non-hydrogen) atoms. The highest BCUT2D eigenvalue weighted by Gasteiger charge is 2.17. The molecule has 0 aliphatic heterocycles. The molecule has 6 nitrogen and oxygen atoms in total. The average Bonchev–Trinajstić information content (AvgIpc) is 2.65. The molecule has 0 unspecified atom stereocenters. The predicted molar refractivity (Wildman–Crippen MR) is 103 cm³/mol. The van der Waals surface area contributed by atoms with Gasteiger partial charge in [0.15, 0.2) is 18.2 Å². The monoisotopic (exact) mass is 438 g/mol. The van der Waals surface area contributed by atoms with Crippen LogP contribution in [0.4, 0.5) is 10.1 Å². The second-order valence-corrected chi connectivity index (χ2v) is 6.47. The quantitative estimate of drug-likeness (QED) is 0.684. The third kappa shape index (κ3) is 6.25. The van der Waals surface area contributed by atoms with Crippen molar-refractivity contribution in [1.82, 2.24) is 4.90 Å². The lowest BCUT2D eigenvalue weighted by atomic mass is 10.3. The Hall–Kier alpha value is -2.61. The van der Waals surface area contributed by atoms with Gasteiger partial charge in [0.05, 0.1) is 13.7 Å². The molecular formula is C19H20BrFN2O4. The summed E-state index contributed by atoms with van der Waals surface area (Å²) in [5.74, 6) is -0.755. The molecule has 2 rings (SSSR count). The highest BCUT2D eigenvalue weighted by molar-refractivity contribution is 9.10. The average molecular weight is 439 g/mol. The summed E-state index contributed by atoms with van der Waals surface area (Å²) < 4.78 is 24.6. The number of hydrogen-bond donors (Lipinski definition) is 1. The molecular weight excluding hydrogens is 419 g/mol. The topological polar surface area (TPSA) is 67.9 Å². The Bertz CT molecular complexity index is 816. The van der Waals surface area contributed by atoms with Gasteiger partial charge in [-0.1, -0.05) is 22.0 Å². The lowest BCUT2D eigenvalue weighted by Gasteiger charge is -2.20. The zero-order valence-electron chi connectivity index (χ0n) is 15.0. The minimum Gasteiger partial charge on any atom is -0.497 e. The third-order valence-corrected chi connectivity index (χ3v) is 4.16. The number of halogens is 2. The molecule has 144 valence electrons. The van der Waals surface area contributed by atoms with E-state index in [1.54, 1.807) is 37.3 Å². The van der Waals surface area contributed by atoms with Gasteiger partial charge in [-0.05, 0) is 37.3 Å². The largest absolute Gasteiger partial charge is 0.497 e. The number of rotatable bonds is 8. The summed E-state index contributed by atoms with van der Waals surface area (Å²) in [6.07, 6.45) is 0. The SMILES string of the molecule is CCN(CC(=O)Nc1cccc(OC)c1)C(=O)COc1ccc(Br)cc1F. The molecule has 2 aromatic carbocycles. The fourth-order valence-corrected chi connectivity index (χ4v) is 2.61. The van der Waals surface area contributed by atoms with Crippen LogP contribution in [0.5, 0.6) is 11.5 Å². The lowest BCUT2D eigenvalue weighted by Crippen LogP contribution is -2.40. The maximum atomic E-state index is 13.7. The number of nitrogens with zero attached hydrogens (tertiary/aromatic N) is 1. The summed E-state index contributed by atoms with van der Waals surface area (Å²) in [6, 6.07) is 11.2. The zero-order valence-corrected chi connectivity index (χ0v) is 16.6. The normalized spacial score (nSPS) is 10.2. The van der Waals surface area contributed by atoms with Crippen LogP contribution in [0, 0.1) is 5.82 Å². The molecule has 0 aliphatic rings. The van der Waals surface area contributed by atoms with E-state index >= 15 is 0 Å². The summed E-state index contributed by atoms with van der Waals surface area (Å²) >= 11 is 3.15. The van der Waals surface area contributed by atoms with E-state index in [-0.39, 0.29) is 24.8 Å². The third-order valence-electron chi connectivity index (χ3n) is 3.67. The Morgan fingerprint density at radius 3 is 2.67 bits per heavy atom. The Kier molecular flexibility index (Phi) is 7.60. The Labute approximate surface area is 165 Å². The van der Waals surface area contributed by atoms with E-state index in [2.05, 4.69) is 21.2 Å². The van der Waals surface area contributed by atoms with Crippen LogP contribution < -0.4 is 14.8 Å². The number of likely N-dealkylation sites (N-methyl/N-ethyl adjacent to an activating group) is 1. The van der Waals surface area contributed by atoms with Crippen LogP contribution >= 0.6 is 15.9 Å². The lowest BCUT2D eigenvalue weighted by molar-refractivity contribution is -0.136. The van der Waals surface area contributed by atoms with Crippen LogP contribution in [-0.2, 0) is 9.59 Å². The van der Waals surface area contributed by atoms with E-state index in [1.165, 1.54) is 24.1 Å². The van der Waals surface area contributed by atoms with E-state index in [4.69, 9.17) is 9.47 Å². The van der Waals surface area contributed by atoms with E-state index in [9.17, 15) is 14.0 Å². The van der Waals surface area contributed by atoms with Crippen LogP contribution in [0.15, 0.2) is 46.9 Å². The first-order valence-electron chi connectivity index (χ1n) is 8.22. The molecule has 0 bridgehead atoms. The smallest absolute Gasteiger partial charge is 0.260 e. The predicted octanol–water partition coefficient (Wildman–Crippen LogP) is 3.46. The number of anilines is 1. The second-order valence-electron chi connectivity index (χ2n) is 5.55. The molecule has 0 saturated heterocycles. The van der Waals surface area contributed by atoms with Gasteiger partial charge in [-0.3, -0.25) is 9.59 Å². The highest BCUT2D eigenvalue weighted by Crippen LogP contribution is 2.21. The van der Waals surface area contributed by atoms with Crippen molar-refractivity contribution in [3.8, 4) is 11.5 Å². The van der Waals surface area contributed by atoms with E-state index in [0.29, 0.717) is 22.5 Å². The van der Waals surface area contributed by atoms with Crippen molar-refractivity contribution in [2.45, 2.75) is 6.92 Å². The first-order valence-corrected chi connectivity index (χ1v) is 9.01. The van der Waals surface area contributed by atoms with Crippen molar-refractivity contribution in [3.05, 3.63) is 52.8 Å². The fourth-order valence-electron chi connectivity index (χ4n) is 2.27. The number of hydrogen-bond acceptors (Lipinski definition) is 4. The summed E-state index contributed by atoms with van der Waals surface area (Å²) in [5.41, 5.74) is 0.566. The van der Waals surface area contributed by atoms with Gasteiger partial charge >= 0.3 is 0 Å². The molecule has 2 aromatic rings. The number of carbonyl (C=O) groups excluding carboxylic acids is 2. The van der Waals surface area contributed by atoms with Crippen molar-refractivity contribution < 1.29 is 23.5 Å². The summed E-state index contributed by atoms with van der Waals surface area (Å²) in [6.45, 7) is 1.56. The molecule has 0 heterocycles. The number of methoxy groups -OCH3 is 1. The Morgan fingerprint density at radius 1 is 1.22 bits per heavy atom. The number of nitrogens with one attached hydrogen (secondary N) is 1. The number of amides is 2. The molecule has 1 N–H and O–H groups in total. The van der Waals surface area contributed by atoms with Crippen LogP contribution in [0.25, 0.3) is 0 Å². The van der Waals surface area contributed by atoms with Crippen LogP contribution in [0.2, 0.25) is 0 Å². The van der Waals surface area contributed by atoms with Crippen molar-refractivity contribution in [2.75, 3.05) is 32.1 Å². The van der Waals surface area contributed by atoms with Gasteiger partial charge in [-0.15, -0.1) is 0 Å². The molecule has 0 spiro atoms. The van der Waals surface area contributed by atoms with E-state index in [0.717, 1.165) is 0 Å². The van der Waals surface area contributed by atoms with Gasteiger partial charge in [0.1, 0.15) is 5.75 Å². The Morgan fingerprint density at radius 2 is 2.00 bits per heavy atom. The van der Waals surface area contributed by atoms with Gasteiger partial charge in [0, 0.05) is 22.8 Å². The molecule has 0 aliphatic carbocycles. The number of benzene rings is 2. The molecule has 0 saturated carbocycles. The zero-order chi connectivity index (χ0) is 19.8. The van der Waals surface area contributed by atoms with Gasteiger partial charge in [-0.2, -0.15) is 0 Å². The minimum absolute atomic E-state index is 0.0246. The van der Waals surface area contributed by atoms with Crippen molar-refractivity contribution >= 4 is 33.4 Å². The van der Waals surface area contributed by atoms with Crippen molar-refractivity contribution in [2.24, 2.45) is 0 Å². The van der Waals surface area contributed by atoms with Gasteiger partial charge in [0.2, 0.25) is 5.91 Å². The Balaban J connectivity index is 1.90. The standard InChI is InChI=1S/C19H20BrFN2O4/c1-3-23(11-18(24)22-14-5-4-6-15(10-14)26-2)19(25)12-27-17-8-7-13(20)9-16(17)21/h4-10H,3,11-12H2,1-2H3,(H,22,24). The molecule has 0 aromatic heterocycles. The molecule has 8 heteroatoms. The van der Waals surface area contributed by atoms with Crippen LogP contribution in [0.3, 0.4) is 0 Å². The van der Waals surface area contributed by atoms with Gasteiger partial charge in [0.25, 0.3) is 5.91 Å². The maximum Gasteiger partial charge on any atom is 0.260 e. The minimum atomic E-state index is -0.573. The van der Waals surface area contributed by atoms with E-state index in [1.807, 2.05) is 0 Å². The first kappa shape index (κ1) is 20.7. The summed E-state index contributed by atoms with van der Waals surface area (Å²) in [5, 5.41) is 2.71. The van der Waals surface area contributed by atoms with Crippen LogP contribution in [-0.4, -0.2) is 43.5 Å². The maximum absolute atomic E-state index is 13.7. The summed E-state index contributed by atoms with van der Waals surface area (Å²) in [4.78, 5) is 25.8. The van der Waals surface area contributed by atoms with Crippen LogP contribution in [0.1, 0.15) is 6.92 Å². The van der Waals surface area contributed by atoms with E-state index < -0.39 is 11.7 Å². The molecule has 0 atom stereocenters. The number of ether oxygens (including phenoxy) is 2. The highest BCUT2D eigenvalue weighted by atomic mass is 79.9. The summed E-state index contributed by atoms with van der Waals surface area (Å²) in [7, 11) is 1.53.